The number of hydrogen-bond donors (Lipinski definition) is 1. The van der Waals surface area contributed by atoms with Gasteiger partial charge in [0.25, 0.3) is 0 Å². The van der Waals surface area contributed by atoms with Crippen molar-refractivity contribution in [2.75, 3.05) is 0 Å². The lowest BCUT2D eigenvalue weighted by Gasteiger charge is -2.20. The van der Waals surface area contributed by atoms with Crippen molar-refractivity contribution >= 4 is 27.3 Å². The molecule has 1 heterocycles. The first kappa shape index (κ1) is 10.2. The highest BCUT2D eigenvalue weighted by Gasteiger charge is 2.09. The molecule has 0 aliphatic heterocycles. The molecule has 0 aromatic carbocycles. The smallest absolute Gasteiger partial charge is 0.0743 e. The summed E-state index contributed by atoms with van der Waals surface area (Å²) < 4.78 is 1.24. The Morgan fingerprint density at radius 3 is 2.58 bits per heavy atom. The third-order valence-electron chi connectivity index (χ3n) is 1.50. The normalized spacial score (nSPS) is 12.0. The van der Waals surface area contributed by atoms with Crippen LogP contribution in [0.1, 0.15) is 26.3 Å². The minimum absolute atomic E-state index is 0.196. The molecule has 1 rings (SSSR count). The fraction of sp³-hybridized carbons (Fsp3) is 0.556. The van der Waals surface area contributed by atoms with Gasteiger partial charge in [-0.1, -0.05) is 0 Å². The molecule has 1 aromatic rings. The van der Waals surface area contributed by atoms with Gasteiger partial charge in [-0.15, -0.1) is 11.3 Å². The summed E-state index contributed by atoms with van der Waals surface area (Å²) in [6, 6.07) is 2.15. The average Bonchev–Trinajstić information content (AvgIpc) is 2.29. The molecule has 3 heteroatoms. The van der Waals surface area contributed by atoms with Gasteiger partial charge in [0.2, 0.25) is 0 Å². The van der Waals surface area contributed by atoms with Crippen molar-refractivity contribution in [3.8, 4) is 0 Å². The molecule has 0 aliphatic carbocycles. The van der Waals surface area contributed by atoms with Crippen molar-refractivity contribution in [2.45, 2.75) is 32.9 Å². The van der Waals surface area contributed by atoms with Gasteiger partial charge < -0.3 is 5.32 Å². The Labute approximate surface area is 86.3 Å². The zero-order valence-corrected chi connectivity index (χ0v) is 10.1. The molecule has 0 saturated carbocycles. The molecule has 0 spiro atoms. The molecular formula is C9H14BrNS. The van der Waals surface area contributed by atoms with Crippen LogP contribution in [0.3, 0.4) is 0 Å². The second-order valence-electron chi connectivity index (χ2n) is 3.82. The molecule has 1 aromatic heterocycles. The van der Waals surface area contributed by atoms with Crippen molar-refractivity contribution < 1.29 is 0 Å². The van der Waals surface area contributed by atoms with Crippen LogP contribution in [0.25, 0.3) is 0 Å². The van der Waals surface area contributed by atoms with Crippen LogP contribution in [0.4, 0.5) is 0 Å². The predicted molar refractivity (Wildman–Crippen MR) is 58.6 cm³/mol. The standard InChI is InChI=1S/C9H14BrNS/c1-9(2,3)11-6-7-4-5-12-8(7)10/h4-5,11H,6H2,1-3H3. The monoisotopic (exact) mass is 247 g/mol. The van der Waals surface area contributed by atoms with Crippen LogP contribution in [-0.4, -0.2) is 5.54 Å². The third-order valence-corrected chi connectivity index (χ3v) is 3.31. The minimum atomic E-state index is 0.196. The number of rotatable bonds is 2. The Hall–Kier alpha value is 0.140. The summed E-state index contributed by atoms with van der Waals surface area (Å²) in [5.74, 6) is 0. The van der Waals surface area contributed by atoms with Crippen molar-refractivity contribution in [1.82, 2.24) is 5.32 Å². The summed E-state index contributed by atoms with van der Waals surface area (Å²) in [5, 5.41) is 5.54. The Kier molecular flexibility index (Phi) is 3.32. The molecule has 0 aliphatic rings. The van der Waals surface area contributed by atoms with Crippen LogP contribution < -0.4 is 5.32 Å². The van der Waals surface area contributed by atoms with Crippen LogP contribution >= 0.6 is 27.3 Å². The Morgan fingerprint density at radius 1 is 1.50 bits per heavy atom. The first-order chi connectivity index (χ1) is 5.49. The highest BCUT2D eigenvalue weighted by Crippen LogP contribution is 2.23. The maximum atomic E-state index is 3.51. The van der Waals surface area contributed by atoms with Gasteiger partial charge in [-0.25, -0.2) is 0 Å². The maximum absolute atomic E-state index is 3.51. The molecule has 0 unspecified atom stereocenters. The minimum Gasteiger partial charge on any atom is -0.308 e. The maximum Gasteiger partial charge on any atom is 0.0743 e. The lowest BCUT2D eigenvalue weighted by Crippen LogP contribution is -2.34. The van der Waals surface area contributed by atoms with Gasteiger partial charge >= 0.3 is 0 Å². The van der Waals surface area contributed by atoms with Gasteiger partial charge in [0.1, 0.15) is 0 Å². The summed E-state index contributed by atoms with van der Waals surface area (Å²) in [5.41, 5.74) is 1.54. The second kappa shape index (κ2) is 3.90. The molecular weight excluding hydrogens is 234 g/mol. The summed E-state index contributed by atoms with van der Waals surface area (Å²) in [6.07, 6.45) is 0. The number of hydrogen-bond acceptors (Lipinski definition) is 2. The van der Waals surface area contributed by atoms with E-state index in [2.05, 4.69) is 53.5 Å². The van der Waals surface area contributed by atoms with E-state index in [-0.39, 0.29) is 5.54 Å². The van der Waals surface area contributed by atoms with Crippen LogP contribution in [-0.2, 0) is 6.54 Å². The molecule has 1 N–H and O–H groups in total. The first-order valence-electron chi connectivity index (χ1n) is 3.96. The number of nitrogens with one attached hydrogen (secondary N) is 1. The average molecular weight is 248 g/mol. The van der Waals surface area contributed by atoms with Crippen LogP contribution in [0, 0.1) is 0 Å². The van der Waals surface area contributed by atoms with E-state index in [0.717, 1.165) is 6.54 Å². The summed E-state index contributed by atoms with van der Waals surface area (Å²) >= 11 is 5.24. The van der Waals surface area contributed by atoms with Gasteiger partial charge in [-0.2, -0.15) is 0 Å². The van der Waals surface area contributed by atoms with E-state index in [9.17, 15) is 0 Å². The lowest BCUT2D eigenvalue weighted by atomic mass is 10.1. The summed E-state index contributed by atoms with van der Waals surface area (Å²) in [4.78, 5) is 0. The first-order valence-corrected chi connectivity index (χ1v) is 5.63. The molecule has 12 heavy (non-hydrogen) atoms. The van der Waals surface area contributed by atoms with Gasteiger partial charge in [-0.05, 0) is 53.7 Å². The largest absolute Gasteiger partial charge is 0.308 e. The van der Waals surface area contributed by atoms with Gasteiger partial charge in [0.05, 0.1) is 3.79 Å². The van der Waals surface area contributed by atoms with Crippen molar-refractivity contribution in [3.63, 3.8) is 0 Å². The molecule has 0 fully saturated rings. The van der Waals surface area contributed by atoms with Gasteiger partial charge in [-0.3, -0.25) is 0 Å². The number of thiophene rings is 1. The molecule has 68 valence electrons. The SMILES string of the molecule is CC(C)(C)NCc1ccsc1Br. The zero-order valence-electron chi connectivity index (χ0n) is 7.65. The fourth-order valence-electron chi connectivity index (χ4n) is 0.806. The highest BCUT2D eigenvalue weighted by molar-refractivity contribution is 9.11. The summed E-state index contributed by atoms with van der Waals surface area (Å²) in [6.45, 7) is 7.46. The van der Waals surface area contributed by atoms with Crippen molar-refractivity contribution in [1.29, 1.82) is 0 Å². The molecule has 1 nitrogen and oxygen atoms in total. The van der Waals surface area contributed by atoms with E-state index < -0.39 is 0 Å². The topological polar surface area (TPSA) is 12.0 Å². The second-order valence-corrected chi connectivity index (χ2v) is 6.06. The van der Waals surface area contributed by atoms with Crippen LogP contribution in [0.15, 0.2) is 15.2 Å². The Balaban J connectivity index is 2.49. The van der Waals surface area contributed by atoms with Crippen molar-refractivity contribution in [3.05, 3.63) is 20.8 Å². The zero-order chi connectivity index (χ0) is 9.19. The number of halogens is 1. The predicted octanol–water partition coefficient (Wildman–Crippen LogP) is 3.40. The van der Waals surface area contributed by atoms with E-state index in [1.807, 2.05) is 0 Å². The molecule has 0 amide bonds. The molecule has 0 atom stereocenters. The quantitative estimate of drug-likeness (QED) is 0.845. The summed E-state index contributed by atoms with van der Waals surface area (Å²) in [7, 11) is 0. The molecule has 0 saturated heterocycles. The molecule has 0 bridgehead atoms. The van der Waals surface area contributed by atoms with Crippen LogP contribution in [0.5, 0.6) is 0 Å². The van der Waals surface area contributed by atoms with Gasteiger partial charge in [0, 0.05) is 12.1 Å². The Morgan fingerprint density at radius 2 is 2.17 bits per heavy atom. The fourth-order valence-corrected chi connectivity index (χ4v) is 2.05. The van der Waals surface area contributed by atoms with Crippen LogP contribution in [0.2, 0.25) is 0 Å². The van der Waals surface area contributed by atoms with Crippen molar-refractivity contribution in [2.24, 2.45) is 0 Å². The van der Waals surface area contributed by atoms with Gasteiger partial charge in [0.15, 0.2) is 0 Å². The van der Waals surface area contributed by atoms with E-state index >= 15 is 0 Å². The Bertz CT molecular complexity index is 249. The van der Waals surface area contributed by atoms with E-state index in [4.69, 9.17) is 0 Å². The third kappa shape index (κ3) is 3.25. The van der Waals surface area contributed by atoms with E-state index in [0.29, 0.717) is 0 Å². The lowest BCUT2D eigenvalue weighted by molar-refractivity contribution is 0.424. The van der Waals surface area contributed by atoms with E-state index in [1.54, 1.807) is 11.3 Å². The van der Waals surface area contributed by atoms with E-state index in [1.165, 1.54) is 9.35 Å². The molecule has 0 radical (unpaired) electrons. The highest BCUT2D eigenvalue weighted by atomic mass is 79.9.